The maximum absolute atomic E-state index is 11.7. The topological polar surface area (TPSA) is 70.7 Å². The van der Waals surface area contributed by atoms with Crippen molar-refractivity contribution in [1.82, 2.24) is 15.0 Å². The molecule has 1 fully saturated rings. The molecular formula is C14H18N4O. The van der Waals surface area contributed by atoms with Crippen molar-refractivity contribution in [3.05, 3.63) is 18.1 Å². The van der Waals surface area contributed by atoms with Gasteiger partial charge in [-0.3, -0.25) is 4.79 Å². The van der Waals surface area contributed by atoms with Gasteiger partial charge >= 0.3 is 0 Å². The largest absolute Gasteiger partial charge is 0.367 e. The molecule has 2 aromatic heterocycles. The van der Waals surface area contributed by atoms with Crippen LogP contribution in [0.25, 0.3) is 11.0 Å². The number of nitrogens with one attached hydrogen (secondary N) is 2. The van der Waals surface area contributed by atoms with Gasteiger partial charge in [-0.1, -0.05) is 19.3 Å². The molecule has 0 radical (unpaired) electrons. The molecule has 0 atom stereocenters. The van der Waals surface area contributed by atoms with Crippen LogP contribution in [0.5, 0.6) is 0 Å². The van der Waals surface area contributed by atoms with Gasteiger partial charge in [-0.05, 0) is 19.8 Å². The first-order valence-electron chi connectivity index (χ1n) is 6.85. The third-order valence-electron chi connectivity index (χ3n) is 3.80. The maximum Gasteiger partial charge on any atom is 0.162 e. The summed E-state index contributed by atoms with van der Waals surface area (Å²) in [5, 5.41) is 4.30. The van der Waals surface area contributed by atoms with Crippen molar-refractivity contribution in [1.29, 1.82) is 0 Å². The molecular weight excluding hydrogens is 240 g/mol. The van der Waals surface area contributed by atoms with Crippen LogP contribution in [-0.2, 0) is 0 Å². The van der Waals surface area contributed by atoms with E-state index in [1.807, 2.05) is 0 Å². The zero-order chi connectivity index (χ0) is 13.2. The molecule has 0 aromatic carbocycles. The number of hydrogen-bond acceptors (Lipinski definition) is 4. The van der Waals surface area contributed by atoms with Crippen molar-refractivity contribution in [2.45, 2.75) is 45.1 Å². The fraction of sp³-hybridized carbons (Fsp3) is 0.500. The van der Waals surface area contributed by atoms with E-state index in [9.17, 15) is 4.79 Å². The fourth-order valence-electron chi connectivity index (χ4n) is 2.79. The van der Waals surface area contributed by atoms with E-state index in [4.69, 9.17) is 0 Å². The van der Waals surface area contributed by atoms with E-state index in [-0.39, 0.29) is 5.78 Å². The van der Waals surface area contributed by atoms with Crippen molar-refractivity contribution >= 4 is 22.6 Å². The Morgan fingerprint density at radius 2 is 2.11 bits per heavy atom. The molecule has 5 nitrogen and oxygen atoms in total. The van der Waals surface area contributed by atoms with Crippen molar-refractivity contribution in [2.24, 2.45) is 0 Å². The first kappa shape index (κ1) is 12.1. The number of Topliss-reactive ketones (excluding diaryl/α,β-unsaturated/α-hetero) is 1. The van der Waals surface area contributed by atoms with Gasteiger partial charge < -0.3 is 10.3 Å². The third kappa shape index (κ3) is 2.32. The SMILES string of the molecule is CC(=O)c1c[nH]c2ncnc(NC3CCCCC3)c12. The Kier molecular flexibility index (Phi) is 3.19. The molecule has 5 heteroatoms. The molecule has 2 N–H and O–H groups in total. The van der Waals surface area contributed by atoms with Crippen molar-refractivity contribution < 1.29 is 4.79 Å². The van der Waals surface area contributed by atoms with E-state index in [2.05, 4.69) is 20.3 Å². The molecule has 0 bridgehead atoms. The Labute approximate surface area is 111 Å². The van der Waals surface area contributed by atoms with E-state index < -0.39 is 0 Å². The van der Waals surface area contributed by atoms with E-state index in [0.29, 0.717) is 11.6 Å². The number of hydrogen-bond donors (Lipinski definition) is 2. The van der Waals surface area contributed by atoms with Crippen LogP contribution in [0.15, 0.2) is 12.5 Å². The molecule has 0 unspecified atom stereocenters. The number of rotatable bonds is 3. The summed E-state index contributed by atoms with van der Waals surface area (Å²) < 4.78 is 0. The van der Waals surface area contributed by atoms with Gasteiger partial charge in [-0.2, -0.15) is 0 Å². The second-order valence-electron chi connectivity index (χ2n) is 5.18. The number of anilines is 1. The molecule has 2 heterocycles. The number of carbonyl (C=O) groups is 1. The minimum Gasteiger partial charge on any atom is -0.367 e. The van der Waals surface area contributed by atoms with Gasteiger partial charge in [-0.15, -0.1) is 0 Å². The monoisotopic (exact) mass is 258 g/mol. The van der Waals surface area contributed by atoms with Crippen LogP contribution in [0.3, 0.4) is 0 Å². The third-order valence-corrected chi connectivity index (χ3v) is 3.80. The molecule has 100 valence electrons. The summed E-state index contributed by atoms with van der Waals surface area (Å²) in [6.07, 6.45) is 9.44. The number of aromatic amines is 1. The molecule has 1 saturated carbocycles. The van der Waals surface area contributed by atoms with Crippen molar-refractivity contribution in [3.63, 3.8) is 0 Å². The van der Waals surface area contributed by atoms with Crippen LogP contribution < -0.4 is 5.32 Å². The fourth-order valence-corrected chi connectivity index (χ4v) is 2.79. The number of H-pyrrole nitrogens is 1. The van der Waals surface area contributed by atoms with Crippen LogP contribution in [0.1, 0.15) is 49.4 Å². The standard InChI is InChI=1S/C14H18N4O/c1-9(19)11-7-15-13-12(11)14(17-8-16-13)18-10-5-3-2-4-6-10/h7-8,10H,2-6H2,1H3,(H2,15,16,17,18). The van der Waals surface area contributed by atoms with Crippen LogP contribution in [-0.4, -0.2) is 26.8 Å². The highest BCUT2D eigenvalue weighted by molar-refractivity contribution is 6.09. The van der Waals surface area contributed by atoms with Gasteiger partial charge in [0.1, 0.15) is 17.8 Å². The van der Waals surface area contributed by atoms with E-state index >= 15 is 0 Å². The predicted molar refractivity (Wildman–Crippen MR) is 74.4 cm³/mol. The Morgan fingerprint density at radius 3 is 2.84 bits per heavy atom. The Morgan fingerprint density at radius 1 is 1.32 bits per heavy atom. The maximum atomic E-state index is 11.7. The zero-order valence-electron chi connectivity index (χ0n) is 11.1. The van der Waals surface area contributed by atoms with Gasteiger partial charge in [-0.25, -0.2) is 9.97 Å². The molecule has 3 rings (SSSR count). The van der Waals surface area contributed by atoms with Gasteiger partial charge in [0.25, 0.3) is 0 Å². The average molecular weight is 258 g/mol. The highest BCUT2D eigenvalue weighted by atomic mass is 16.1. The molecule has 1 aliphatic carbocycles. The number of aromatic nitrogens is 3. The Hall–Kier alpha value is -1.91. The van der Waals surface area contributed by atoms with Gasteiger partial charge in [0.2, 0.25) is 0 Å². The molecule has 2 aromatic rings. The van der Waals surface area contributed by atoms with E-state index in [1.54, 1.807) is 13.1 Å². The summed E-state index contributed by atoms with van der Waals surface area (Å²) in [5.74, 6) is 0.816. The summed E-state index contributed by atoms with van der Waals surface area (Å²) in [6.45, 7) is 1.57. The van der Waals surface area contributed by atoms with Crippen molar-refractivity contribution in [3.8, 4) is 0 Å². The zero-order valence-corrected chi connectivity index (χ0v) is 11.1. The molecule has 0 spiro atoms. The minimum atomic E-state index is 0.0349. The van der Waals surface area contributed by atoms with Crippen LogP contribution in [0.2, 0.25) is 0 Å². The van der Waals surface area contributed by atoms with Crippen LogP contribution in [0.4, 0.5) is 5.82 Å². The first-order valence-corrected chi connectivity index (χ1v) is 6.85. The summed E-state index contributed by atoms with van der Waals surface area (Å²) in [7, 11) is 0. The summed E-state index contributed by atoms with van der Waals surface area (Å²) in [4.78, 5) is 23.2. The lowest BCUT2D eigenvalue weighted by molar-refractivity contribution is 0.101. The predicted octanol–water partition coefficient (Wildman–Crippen LogP) is 2.91. The van der Waals surface area contributed by atoms with Crippen LogP contribution in [0, 0.1) is 0 Å². The number of carbonyl (C=O) groups excluding carboxylic acids is 1. The molecule has 0 saturated heterocycles. The minimum absolute atomic E-state index is 0.0349. The van der Waals surface area contributed by atoms with Gasteiger partial charge in [0, 0.05) is 17.8 Å². The number of fused-ring (bicyclic) bond motifs is 1. The normalized spacial score (nSPS) is 16.7. The quantitative estimate of drug-likeness (QED) is 0.830. The summed E-state index contributed by atoms with van der Waals surface area (Å²) in [6, 6.07) is 0.460. The lowest BCUT2D eigenvalue weighted by atomic mass is 9.95. The lowest BCUT2D eigenvalue weighted by Gasteiger charge is -2.23. The van der Waals surface area contributed by atoms with E-state index in [1.165, 1.54) is 38.4 Å². The average Bonchev–Trinajstić information content (AvgIpc) is 2.85. The number of ketones is 1. The first-order chi connectivity index (χ1) is 9.25. The van der Waals surface area contributed by atoms with Gasteiger partial charge in [0.05, 0.1) is 5.39 Å². The molecule has 0 aliphatic heterocycles. The summed E-state index contributed by atoms with van der Waals surface area (Å²) >= 11 is 0. The highest BCUT2D eigenvalue weighted by Crippen LogP contribution is 2.27. The molecule has 1 aliphatic rings. The second kappa shape index (κ2) is 4.99. The molecule has 19 heavy (non-hydrogen) atoms. The Bertz CT molecular complexity index is 599. The lowest BCUT2D eigenvalue weighted by Crippen LogP contribution is -2.23. The summed E-state index contributed by atoms with van der Waals surface area (Å²) in [5.41, 5.74) is 1.38. The van der Waals surface area contributed by atoms with E-state index in [0.717, 1.165) is 16.9 Å². The smallest absolute Gasteiger partial charge is 0.162 e. The Balaban J connectivity index is 1.97. The van der Waals surface area contributed by atoms with Crippen molar-refractivity contribution in [2.75, 3.05) is 5.32 Å². The second-order valence-corrected chi connectivity index (χ2v) is 5.18. The number of nitrogens with zero attached hydrogens (tertiary/aromatic N) is 2. The van der Waals surface area contributed by atoms with Gasteiger partial charge in [0.15, 0.2) is 5.78 Å². The highest BCUT2D eigenvalue weighted by Gasteiger charge is 2.18. The van der Waals surface area contributed by atoms with Crippen LogP contribution >= 0.6 is 0 Å². The molecule has 0 amide bonds.